The molecule has 0 aliphatic carbocycles. The molecule has 0 atom stereocenters. The molecule has 1 rings (SSSR count). The van der Waals surface area contributed by atoms with E-state index in [4.69, 9.17) is 14.2 Å². The molecule has 0 fully saturated rings. The largest absolute Gasteiger partial charge is 0.496 e. The Labute approximate surface area is 117 Å². The highest BCUT2D eigenvalue weighted by Gasteiger charge is 2.09. The van der Waals surface area contributed by atoms with E-state index >= 15 is 0 Å². The molecule has 5 heteroatoms. The molecular weight excluding hydrogens is 260 g/mol. The summed E-state index contributed by atoms with van der Waals surface area (Å²) in [5.74, 6) is 5.98. The molecule has 5 nitrogen and oxygen atoms in total. The lowest BCUT2D eigenvalue weighted by atomic mass is 10.1. The van der Waals surface area contributed by atoms with Gasteiger partial charge in [-0.1, -0.05) is 11.8 Å². The summed E-state index contributed by atoms with van der Waals surface area (Å²) < 4.78 is 15.0. The number of carbonyl (C=O) groups is 2. The van der Waals surface area contributed by atoms with Crippen molar-refractivity contribution in [2.75, 3.05) is 20.8 Å². The minimum absolute atomic E-state index is 0.00522. The van der Waals surface area contributed by atoms with Gasteiger partial charge in [-0.2, -0.15) is 0 Å². The Morgan fingerprint density at radius 3 is 2.50 bits per heavy atom. The zero-order valence-electron chi connectivity index (χ0n) is 11.7. The first-order valence-electron chi connectivity index (χ1n) is 6.01. The van der Waals surface area contributed by atoms with Crippen molar-refractivity contribution in [3.63, 3.8) is 0 Å². The van der Waals surface area contributed by atoms with Crippen molar-refractivity contribution in [1.82, 2.24) is 0 Å². The highest BCUT2D eigenvalue weighted by Crippen LogP contribution is 2.27. The zero-order chi connectivity index (χ0) is 15.0. The summed E-state index contributed by atoms with van der Waals surface area (Å²) in [5, 5.41) is 0. The number of carbonyl (C=O) groups excluding carboxylic acids is 2. The molecule has 0 amide bonds. The molecule has 0 spiro atoms. The van der Waals surface area contributed by atoms with E-state index in [0.29, 0.717) is 35.5 Å². The molecule has 106 valence electrons. The van der Waals surface area contributed by atoms with Gasteiger partial charge in [0.15, 0.2) is 6.29 Å². The maximum Gasteiger partial charge on any atom is 0.317 e. The minimum Gasteiger partial charge on any atom is -0.496 e. The van der Waals surface area contributed by atoms with Gasteiger partial charge in [0.1, 0.15) is 17.9 Å². The van der Waals surface area contributed by atoms with Crippen molar-refractivity contribution in [3.05, 3.63) is 23.3 Å². The lowest BCUT2D eigenvalue weighted by molar-refractivity contribution is -0.141. The summed E-state index contributed by atoms with van der Waals surface area (Å²) >= 11 is 0. The fraction of sp³-hybridized carbons (Fsp3) is 0.333. The zero-order valence-corrected chi connectivity index (χ0v) is 11.7. The van der Waals surface area contributed by atoms with Gasteiger partial charge < -0.3 is 14.2 Å². The van der Waals surface area contributed by atoms with Crippen molar-refractivity contribution in [1.29, 1.82) is 0 Å². The summed E-state index contributed by atoms with van der Waals surface area (Å²) in [5.41, 5.74) is 0.916. The van der Waals surface area contributed by atoms with Gasteiger partial charge in [0.25, 0.3) is 0 Å². The van der Waals surface area contributed by atoms with E-state index in [-0.39, 0.29) is 12.4 Å². The van der Waals surface area contributed by atoms with E-state index in [2.05, 4.69) is 11.8 Å². The average molecular weight is 276 g/mol. The molecule has 1 aromatic carbocycles. The van der Waals surface area contributed by atoms with Gasteiger partial charge >= 0.3 is 5.97 Å². The molecule has 0 saturated carbocycles. The van der Waals surface area contributed by atoms with Crippen LogP contribution in [0.3, 0.4) is 0 Å². The van der Waals surface area contributed by atoms with E-state index < -0.39 is 0 Å². The van der Waals surface area contributed by atoms with Crippen LogP contribution in [0.2, 0.25) is 0 Å². The Kier molecular flexibility index (Phi) is 6.11. The Hall–Kier alpha value is -2.48. The Morgan fingerprint density at radius 2 is 1.95 bits per heavy atom. The Morgan fingerprint density at radius 1 is 1.25 bits per heavy atom. The molecule has 20 heavy (non-hydrogen) atoms. The van der Waals surface area contributed by atoms with Crippen molar-refractivity contribution in [3.8, 4) is 23.3 Å². The fourth-order valence-electron chi connectivity index (χ4n) is 1.53. The van der Waals surface area contributed by atoms with Gasteiger partial charge in [-0.3, -0.25) is 9.59 Å². The van der Waals surface area contributed by atoms with Crippen LogP contribution >= 0.6 is 0 Å². The Balaban J connectivity index is 3.02. The molecule has 0 N–H and O–H groups in total. The molecule has 0 bridgehead atoms. The van der Waals surface area contributed by atoms with Crippen LogP contribution in [0.5, 0.6) is 11.5 Å². The van der Waals surface area contributed by atoms with Crippen molar-refractivity contribution < 1.29 is 23.8 Å². The van der Waals surface area contributed by atoms with Crippen LogP contribution in [0.4, 0.5) is 0 Å². The lowest BCUT2D eigenvalue weighted by Gasteiger charge is -2.08. The topological polar surface area (TPSA) is 61.8 Å². The summed E-state index contributed by atoms with van der Waals surface area (Å²) in [6.45, 7) is 2.06. The van der Waals surface area contributed by atoms with Gasteiger partial charge in [-0.25, -0.2) is 0 Å². The van der Waals surface area contributed by atoms with Crippen LogP contribution in [-0.4, -0.2) is 33.1 Å². The third kappa shape index (κ3) is 4.02. The number of rotatable bonds is 5. The van der Waals surface area contributed by atoms with Gasteiger partial charge in [0, 0.05) is 6.07 Å². The van der Waals surface area contributed by atoms with Crippen LogP contribution in [0, 0.1) is 11.8 Å². The SMILES string of the molecule is CCOC(=O)CC#Cc1cc(OC)c(C=O)cc1OC. The second-order valence-corrected chi connectivity index (χ2v) is 3.70. The summed E-state index contributed by atoms with van der Waals surface area (Å²) in [4.78, 5) is 22.1. The van der Waals surface area contributed by atoms with E-state index in [1.54, 1.807) is 19.1 Å². The van der Waals surface area contributed by atoms with Crippen molar-refractivity contribution in [2.45, 2.75) is 13.3 Å². The molecule has 0 aromatic heterocycles. The number of esters is 1. The summed E-state index contributed by atoms with van der Waals surface area (Å²) in [7, 11) is 2.94. The number of hydrogen-bond acceptors (Lipinski definition) is 5. The monoisotopic (exact) mass is 276 g/mol. The maximum atomic E-state index is 11.2. The second-order valence-electron chi connectivity index (χ2n) is 3.70. The third-order valence-corrected chi connectivity index (χ3v) is 2.44. The van der Waals surface area contributed by atoms with Crippen LogP contribution in [0.25, 0.3) is 0 Å². The third-order valence-electron chi connectivity index (χ3n) is 2.44. The molecule has 0 saturated heterocycles. The molecule has 0 aliphatic rings. The highest BCUT2D eigenvalue weighted by molar-refractivity contribution is 5.81. The second kappa shape index (κ2) is 7.85. The van der Waals surface area contributed by atoms with Gasteiger partial charge in [0.05, 0.1) is 32.0 Å². The van der Waals surface area contributed by atoms with Gasteiger partial charge in [-0.05, 0) is 13.0 Å². The van der Waals surface area contributed by atoms with Crippen molar-refractivity contribution in [2.24, 2.45) is 0 Å². The number of benzene rings is 1. The number of hydrogen-bond donors (Lipinski definition) is 0. The molecule has 0 unspecified atom stereocenters. The molecule has 0 radical (unpaired) electrons. The molecule has 0 heterocycles. The minimum atomic E-state index is -0.379. The number of aldehydes is 1. The predicted octanol–water partition coefficient (Wildman–Crippen LogP) is 1.82. The Bertz CT molecular complexity index is 551. The van der Waals surface area contributed by atoms with Crippen LogP contribution < -0.4 is 9.47 Å². The number of ether oxygens (including phenoxy) is 3. The maximum absolute atomic E-state index is 11.2. The molecule has 1 aromatic rings. The fourth-order valence-corrected chi connectivity index (χ4v) is 1.53. The standard InChI is InChI=1S/C15H16O5/c1-4-20-15(17)7-5-6-11-8-14(19-3)12(10-16)9-13(11)18-2/h8-10H,4,7H2,1-3H3. The normalized spacial score (nSPS) is 9.15. The quantitative estimate of drug-likeness (QED) is 0.466. The summed E-state index contributed by atoms with van der Waals surface area (Å²) in [6, 6.07) is 3.14. The summed E-state index contributed by atoms with van der Waals surface area (Å²) in [6.07, 6.45) is 0.673. The number of methoxy groups -OCH3 is 2. The van der Waals surface area contributed by atoms with Crippen molar-refractivity contribution >= 4 is 12.3 Å². The first-order valence-corrected chi connectivity index (χ1v) is 6.01. The molecule has 0 aliphatic heterocycles. The lowest BCUT2D eigenvalue weighted by Crippen LogP contribution is -2.01. The first-order chi connectivity index (χ1) is 9.65. The first kappa shape index (κ1) is 15.6. The predicted molar refractivity (Wildman–Crippen MR) is 73.1 cm³/mol. The van der Waals surface area contributed by atoms with Crippen LogP contribution in [0.1, 0.15) is 29.3 Å². The highest BCUT2D eigenvalue weighted by atomic mass is 16.5. The average Bonchev–Trinajstić information content (AvgIpc) is 2.46. The van der Waals surface area contributed by atoms with E-state index in [9.17, 15) is 9.59 Å². The smallest absolute Gasteiger partial charge is 0.317 e. The molecular formula is C15H16O5. The van der Waals surface area contributed by atoms with Gasteiger partial charge in [-0.15, -0.1) is 0 Å². The van der Waals surface area contributed by atoms with Gasteiger partial charge in [0.2, 0.25) is 0 Å². The van der Waals surface area contributed by atoms with Crippen LogP contribution in [-0.2, 0) is 9.53 Å². The van der Waals surface area contributed by atoms with E-state index in [1.807, 2.05) is 0 Å². The van der Waals surface area contributed by atoms with E-state index in [0.717, 1.165) is 0 Å². The van der Waals surface area contributed by atoms with E-state index in [1.165, 1.54) is 14.2 Å². The van der Waals surface area contributed by atoms with Crippen LogP contribution in [0.15, 0.2) is 12.1 Å².